The first-order chi connectivity index (χ1) is 14.2. The molecule has 1 atom stereocenters. The summed E-state index contributed by atoms with van der Waals surface area (Å²) in [6.07, 6.45) is 13.4. The van der Waals surface area contributed by atoms with E-state index in [9.17, 15) is 4.79 Å². The fraction of sp³-hybridized carbons (Fsp3) is 0.429. The molecule has 0 aromatic carbocycles. The molecule has 8 heteroatoms. The topological polar surface area (TPSA) is 97.9 Å². The molecular weight excluding hydrogens is 368 g/mol. The number of carbonyl (C=O) groups is 1. The van der Waals surface area contributed by atoms with E-state index >= 15 is 0 Å². The summed E-state index contributed by atoms with van der Waals surface area (Å²) >= 11 is 0. The highest BCUT2D eigenvalue weighted by molar-refractivity contribution is 5.92. The van der Waals surface area contributed by atoms with Crippen LogP contribution >= 0.6 is 0 Å². The van der Waals surface area contributed by atoms with Crippen LogP contribution in [0.15, 0.2) is 47.6 Å². The Morgan fingerprint density at radius 1 is 1.17 bits per heavy atom. The number of pyridine rings is 1. The third kappa shape index (κ3) is 3.62. The van der Waals surface area contributed by atoms with Crippen molar-refractivity contribution in [3.05, 3.63) is 54.6 Å². The number of nitrogens with zero attached hydrogens (tertiary/aromatic N) is 6. The van der Waals surface area contributed by atoms with Crippen molar-refractivity contribution in [3.8, 4) is 11.5 Å². The second-order valence-electron chi connectivity index (χ2n) is 8.01. The smallest absolute Gasteiger partial charge is 0.274 e. The Hall–Kier alpha value is -3.16. The highest BCUT2D eigenvalue weighted by Gasteiger charge is 2.46. The van der Waals surface area contributed by atoms with Gasteiger partial charge in [0.1, 0.15) is 5.69 Å². The van der Waals surface area contributed by atoms with Gasteiger partial charge in [0.2, 0.25) is 0 Å². The minimum absolute atomic E-state index is 0.0872. The lowest BCUT2D eigenvalue weighted by molar-refractivity contribution is 0.0601. The summed E-state index contributed by atoms with van der Waals surface area (Å²) in [5.74, 6) is 1.78. The molecule has 1 aliphatic heterocycles. The van der Waals surface area contributed by atoms with Crippen LogP contribution in [0.2, 0.25) is 0 Å². The molecule has 0 spiro atoms. The highest BCUT2D eigenvalue weighted by Crippen LogP contribution is 2.46. The second kappa shape index (κ2) is 7.35. The summed E-state index contributed by atoms with van der Waals surface area (Å²) in [6, 6.07) is 3.71. The van der Waals surface area contributed by atoms with Crippen LogP contribution in [0.3, 0.4) is 0 Å². The maximum atomic E-state index is 13.0. The maximum absolute atomic E-state index is 13.0. The van der Waals surface area contributed by atoms with E-state index in [1.165, 1.54) is 19.0 Å². The predicted molar refractivity (Wildman–Crippen MR) is 104 cm³/mol. The number of hydrogen-bond donors (Lipinski definition) is 0. The van der Waals surface area contributed by atoms with E-state index in [1.54, 1.807) is 24.8 Å². The molecule has 4 heterocycles. The first-order valence-electron chi connectivity index (χ1n) is 10.0. The van der Waals surface area contributed by atoms with Crippen molar-refractivity contribution >= 4 is 5.91 Å². The molecule has 1 saturated carbocycles. The lowest BCUT2D eigenvalue weighted by Crippen LogP contribution is -2.49. The number of hydrogen-bond acceptors (Lipinski definition) is 7. The summed E-state index contributed by atoms with van der Waals surface area (Å²) in [4.78, 5) is 31.9. The number of rotatable bonds is 5. The van der Waals surface area contributed by atoms with E-state index in [1.807, 2.05) is 17.0 Å². The Bertz CT molecular complexity index is 989. The molecule has 2 aliphatic rings. The Balaban J connectivity index is 1.45. The zero-order valence-electron chi connectivity index (χ0n) is 16.1. The van der Waals surface area contributed by atoms with E-state index < -0.39 is 0 Å². The minimum Gasteiger partial charge on any atom is -0.336 e. The second-order valence-corrected chi connectivity index (χ2v) is 8.01. The van der Waals surface area contributed by atoms with E-state index in [4.69, 9.17) is 9.51 Å². The van der Waals surface area contributed by atoms with Gasteiger partial charge in [-0.25, -0.2) is 4.98 Å². The molecule has 29 heavy (non-hydrogen) atoms. The van der Waals surface area contributed by atoms with E-state index in [0.717, 1.165) is 24.8 Å². The molecule has 1 aliphatic carbocycles. The predicted octanol–water partition coefficient (Wildman–Crippen LogP) is 2.90. The van der Waals surface area contributed by atoms with Gasteiger partial charge in [0.15, 0.2) is 5.82 Å². The fourth-order valence-electron chi connectivity index (χ4n) is 4.24. The number of likely N-dealkylation sites (tertiary alicyclic amines) is 1. The molecule has 0 bridgehead atoms. The number of carbonyl (C=O) groups excluding carboxylic acids is 1. The average molecular weight is 390 g/mol. The van der Waals surface area contributed by atoms with Gasteiger partial charge in [-0.15, -0.1) is 0 Å². The normalized spacial score (nSPS) is 21.9. The molecule has 2 fully saturated rings. The fourth-order valence-corrected chi connectivity index (χ4v) is 4.24. The van der Waals surface area contributed by atoms with Gasteiger partial charge in [-0.2, -0.15) is 4.98 Å². The van der Waals surface area contributed by atoms with Crippen LogP contribution in [-0.4, -0.2) is 49.0 Å². The highest BCUT2D eigenvalue weighted by atomic mass is 16.5. The molecule has 1 unspecified atom stereocenters. The van der Waals surface area contributed by atoms with Gasteiger partial charge >= 0.3 is 0 Å². The lowest BCUT2D eigenvalue weighted by Gasteiger charge is -2.41. The van der Waals surface area contributed by atoms with Crippen LogP contribution in [0.1, 0.15) is 48.4 Å². The third-order valence-electron chi connectivity index (χ3n) is 5.85. The van der Waals surface area contributed by atoms with Crippen molar-refractivity contribution in [3.63, 3.8) is 0 Å². The summed E-state index contributed by atoms with van der Waals surface area (Å²) in [5.41, 5.74) is 0.940. The van der Waals surface area contributed by atoms with E-state index in [0.29, 0.717) is 36.4 Å². The Labute approximate surface area is 168 Å². The summed E-state index contributed by atoms with van der Waals surface area (Å²) < 4.78 is 5.60. The van der Waals surface area contributed by atoms with Gasteiger partial charge < -0.3 is 9.42 Å². The van der Waals surface area contributed by atoms with Gasteiger partial charge in [-0.05, 0) is 37.3 Å². The molecule has 8 nitrogen and oxygen atoms in total. The molecule has 1 amide bonds. The van der Waals surface area contributed by atoms with E-state index in [-0.39, 0.29) is 11.3 Å². The van der Waals surface area contributed by atoms with Gasteiger partial charge in [-0.1, -0.05) is 18.0 Å². The van der Waals surface area contributed by atoms with Crippen molar-refractivity contribution < 1.29 is 9.32 Å². The van der Waals surface area contributed by atoms with Crippen LogP contribution < -0.4 is 0 Å². The first kappa shape index (κ1) is 17.9. The van der Waals surface area contributed by atoms with Crippen molar-refractivity contribution in [1.82, 2.24) is 30.0 Å². The number of amides is 1. The molecule has 3 aromatic rings. The van der Waals surface area contributed by atoms with Gasteiger partial charge in [0, 0.05) is 43.4 Å². The van der Waals surface area contributed by atoms with Crippen LogP contribution in [0, 0.1) is 5.92 Å². The molecule has 5 rings (SSSR count). The quantitative estimate of drug-likeness (QED) is 0.660. The zero-order chi connectivity index (χ0) is 19.7. The Kier molecular flexibility index (Phi) is 4.54. The van der Waals surface area contributed by atoms with Crippen molar-refractivity contribution in [2.75, 3.05) is 13.1 Å². The molecule has 0 N–H and O–H groups in total. The first-order valence-corrected chi connectivity index (χ1v) is 10.0. The van der Waals surface area contributed by atoms with Crippen molar-refractivity contribution in [2.45, 2.75) is 37.5 Å². The van der Waals surface area contributed by atoms with Gasteiger partial charge in [0.05, 0.1) is 11.6 Å². The minimum atomic E-state index is -0.286. The average Bonchev–Trinajstić information content (AvgIpc) is 3.44. The van der Waals surface area contributed by atoms with Crippen molar-refractivity contribution in [1.29, 1.82) is 0 Å². The monoisotopic (exact) mass is 390 g/mol. The van der Waals surface area contributed by atoms with Gasteiger partial charge in [0.25, 0.3) is 11.8 Å². The number of piperidine rings is 1. The lowest BCUT2D eigenvalue weighted by atomic mass is 9.74. The Morgan fingerprint density at radius 3 is 2.79 bits per heavy atom. The molecular formula is C21H22N6O2. The molecule has 0 radical (unpaired) electrons. The number of aromatic nitrogens is 5. The molecule has 148 valence electrons. The zero-order valence-corrected chi connectivity index (χ0v) is 16.1. The molecule has 3 aromatic heterocycles. The standard InChI is InChI=1S/C21H22N6O2/c28-19(17-13-23-9-10-24-17)27-11-1-6-21(14-27,12-15-2-3-15)20-25-18(29-26-20)16-4-7-22-8-5-16/h4-5,7-10,13,15H,1-3,6,11-12,14H2. The van der Waals surface area contributed by atoms with Crippen LogP contribution in [0.25, 0.3) is 11.5 Å². The summed E-state index contributed by atoms with van der Waals surface area (Å²) in [7, 11) is 0. The van der Waals surface area contributed by atoms with Crippen LogP contribution in [-0.2, 0) is 5.41 Å². The van der Waals surface area contributed by atoms with Crippen LogP contribution in [0.4, 0.5) is 0 Å². The summed E-state index contributed by atoms with van der Waals surface area (Å²) in [5, 5.41) is 4.36. The largest absolute Gasteiger partial charge is 0.336 e. The van der Waals surface area contributed by atoms with Crippen LogP contribution in [0.5, 0.6) is 0 Å². The Morgan fingerprint density at radius 2 is 2.03 bits per heavy atom. The van der Waals surface area contributed by atoms with Gasteiger partial charge in [-0.3, -0.25) is 14.8 Å². The maximum Gasteiger partial charge on any atom is 0.274 e. The van der Waals surface area contributed by atoms with E-state index in [2.05, 4.69) is 20.1 Å². The summed E-state index contributed by atoms with van der Waals surface area (Å²) in [6.45, 7) is 1.28. The third-order valence-corrected chi connectivity index (χ3v) is 5.85. The van der Waals surface area contributed by atoms with Crippen molar-refractivity contribution in [2.24, 2.45) is 5.92 Å². The molecule has 1 saturated heterocycles. The SMILES string of the molecule is O=C(c1cnccn1)N1CCCC(CC2CC2)(c2noc(-c3ccncc3)n2)C1.